The van der Waals surface area contributed by atoms with Crippen molar-refractivity contribution in [3.05, 3.63) is 58.2 Å². The number of amides is 1. The smallest absolute Gasteiger partial charge is 0.374 e. The molecule has 0 radical (unpaired) electrons. The number of rotatable bonds is 6. The summed E-state index contributed by atoms with van der Waals surface area (Å²) < 4.78 is 22.9. The van der Waals surface area contributed by atoms with Crippen LogP contribution in [0.15, 0.2) is 45.5 Å². The summed E-state index contributed by atoms with van der Waals surface area (Å²) in [6, 6.07) is 9.02. The molecule has 1 aromatic heterocycles. The molecule has 5 nitrogen and oxygen atoms in total. The first kappa shape index (κ1) is 16.2. The highest BCUT2D eigenvalue weighted by atomic mass is 79.9. The van der Waals surface area contributed by atoms with E-state index in [2.05, 4.69) is 21.2 Å². The minimum Gasteiger partial charge on any atom is -0.450 e. The first-order chi connectivity index (χ1) is 10.5. The summed E-state index contributed by atoms with van der Waals surface area (Å²) in [6.07, 6.45) is 0.561. The second kappa shape index (κ2) is 7.74. The van der Waals surface area contributed by atoms with Gasteiger partial charge >= 0.3 is 5.97 Å². The minimum absolute atomic E-state index is 0.0194. The van der Waals surface area contributed by atoms with Crippen molar-refractivity contribution >= 4 is 27.8 Å². The maximum Gasteiger partial charge on any atom is 0.374 e. The number of hydrogen-bond donors (Lipinski definition) is 1. The van der Waals surface area contributed by atoms with Crippen LogP contribution in [0, 0.1) is 5.82 Å². The van der Waals surface area contributed by atoms with Crippen molar-refractivity contribution in [1.82, 2.24) is 5.32 Å². The summed E-state index contributed by atoms with van der Waals surface area (Å²) in [6.45, 7) is -0.0190. The van der Waals surface area contributed by atoms with Crippen LogP contribution in [-0.4, -0.2) is 25.0 Å². The summed E-state index contributed by atoms with van der Waals surface area (Å²) in [5, 5.41) is 2.61. The second-order valence-corrected chi connectivity index (χ2v) is 5.19. The van der Waals surface area contributed by atoms with Gasteiger partial charge in [0.1, 0.15) is 5.82 Å². The van der Waals surface area contributed by atoms with Crippen molar-refractivity contribution in [2.75, 3.05) is 13.2 Å². The van der Waals surface area contributed by atoms with E-state index in [0.717, 1.165) is 5.56 Å². The maximum absolute atomic E-state index is 12.7. The summed E-state index contributed by atoms with van der Waals surface area (Å²) >= 11 is 3.06. The molecule has 0 unspecified atom stereocenters. The van der Waals surface area contributed by atoms with E-state index in [0.29, 0.717) is 17.6 Å². The quantitative estimate of drug-likeness (QED) is 0.794. The molecule has 7 heteroatoms. The number of furan rings is 1. The van der Waals surface area contributed by atoms with E-state index in [1.54, 1.807) is 18.2 Å². The van der Waals surface area contributed by atoms with Crippen LogP contribution in [0.1, 0.15) is 16.1 Å². The largest absolute Gasteiger partial charge is 0.450 e. The molecule has 0 saturated heterocycles. The molecule has 22 heavy (non-hydrogen) atoms. The highest BCUT2D eigenvalue weighted by molar-refractivity contribution is 9.10. The molecular formula is C15H13BrFNO4. The zero-order valence-corrected chi connectivity index (χ0v) is 13.1. The third-order valence-electron chi connectivity index (χ3n) is 2.76. The fourth-order valence-corrected chi connectivity index (χ4v) is 1.98. The molecule has 0 aliphatic rings. The van der Waals surface area contributed by atoms with Crippen LogP contribution in [-0.2, 0) is 16.0 Å². The number of halogens is 2. The molecule has 1 aromatic carbocycles. The number of esters is 1. The van der Waals surface area contributed by atoms with E-state index < -0.39 is 11.9 Å². The van der Waals surface area contributed by atoms with Gasteiger partial charge in [-0.1, -0.05) is 12.1 Å². The third-order valence-corrected chi connectivity index (χ3v) is 3.18. The summed E-state index contributed by atoms with van der Waals surface area (Å²) in [5.41, 5.74) is 0.902. The maximum atomic E-state index is 12.7. The lowest BCUT2D eigenvalue weighted by molar-refractivity contribution is -0.124. The molecular weight excluding hydrogens is 357 g/mol. The topological polar surface area (TPSA) is 68.5 Å². The van der Waals surface area contributed by atoms with E-state index in [-0.39, 0.29) is 18.2 Å². The third kappa shape index (κ3) is 5.00. The fraction of sp³-hybridized carbons (Fsp3) is 0.200. The number of hydrogen-bond acceptors (Lipinski definition) is 4. The number of carbonyl (C=O) groups is 2. The Labute approximate surface area is 134 Å². The van der Waals surface area contributed by atoms with Gasteiger partial charge in [-0.15, -0.1) is 0 Å². The Morgan fingerprint density at radius 2 is 1.91 bits per heavy atom. The highest BCUT2D eigenvalue weighted by Gasteiger charge is 2.13. The first-order valence-corrected chi connectivity index (χ1v) is 7.27. The Bertz CT molecular complexity index is 654. The van der Waals surface area contributed by atoms with Crippen molar-refractivity contribution in [1.29, 1.82) is 0 Å². The molecule has 0 saturated carbocycles. The molecule has 2 rings (SSSR count). The SMILES string of the molecule is O=C(COC(=O)c1ccc(Br)o1)NCCc1ccc(F)cc1. The lowest BCUT2D eigenvalue weighted by atomic mass is 10.1. The number of nitrogens with one attached hydrogen (secondary N) is 1. The Morgan fingerprint density at radius 3 is 2.55 bits per heavy atom. The van der Waals surface area contributed by atoms with E-state index in [1.165, 1.54) is 18.2 Å². The molecule has 0 aliphatic heterocycles. The Kier molecular flexibility index (Phi) is 5.71. The molecule has 116 valence electrons. The van der Waals surface area contributed by atoms with Gasteiger partial charge in [0.25, 0.3) is 5.91 Å². The average molecular weight is 370 g/mol. The number of ether oxygens (including phenoxy) is 1. The lowest BCUT2D eigenvalue weighted by Gasteiger charge is -2.06. The first-order valence-electron chi connectivity index (χ1n) is 6.48. The normalized spacial score (nSPS) is 10.3. The van der Waals surface area contributed by atoms with Crippen LogP contribution in [0.2, 0.25) is 0 Å². The second-order valence-electron chi connectivity index (χ2n) is 4.41. The van der Waals surface area contributed by atoms with E-state index >= 15 is 0 Å². The molecule has 2 aromatic rings. The van der Waals surface area contributed by atoms with Crippen LogP contribution >= 0.6 is 15.9 Å². The van der Waals surface area contributed by atoms with Crippen LogP contribution in [0.5, 0.6) is 0 Å². The summed E-state index contributed by atoms with van der Waals surface area (Å²) in [5.74, 6) is -1.41. The Hall–Kier alpha value is -2.15. The molecule has 0 spiro atoms. The number of carbonyl (C=O) groups excluding carboxylic acids is 2. The molecule has 0 bridgehead atoms. The van der Waals surface area contributed by atoms with Gasteiger partial charge in [0, 0.05) is 6.54 Å². The highest BCUT2D eigenvalue weighted by Crippen LogP contribution is 2.14. The summed E-state index contributed by atoms with van der Waals surface area (Å²) in [7, 11) is 0. The van der Waals surface area contributed by atoms with E-state index in [4.69, 9.17) is 9.15 Å². The van der Waals surface area contributed by atoms with Crippen molar-refractivity contribution in [3.63, 3.8) is 0 Å². The zero-order valence-electron chi connectivity index (χ0n) is 11.5. The predicted molar refractivity (Wildman–Crippen MR) is 79.8 cm³/mol. The number of benzene rings is 1. The van der Waals surface area contributed by atoms with Crippen molar-refractivity contribution in [2.45, 2.75) is 6.42 Å². The van der Waals surface area contributed by atoms with Gasteiger partial charge in [0.2, 0.25) is 5.76 Å². The molecule has 0 fully saturated rings. The average Bonchev–Trinajstić information content (AvgIpc) is 2.93. The van der Waals surface area contributed by atoms with Gasteiger partial charge in [-0.2, -0.15) is 0 Å². The van der Waals surface area contributed by atoms with Gasteiger partial charge in [0.15, 0.2) is 11.3 Å². The molecule has 0 aliphatic carbocycles. The van der Waals surface area contributed by atoms with Crippen molar-refractivity contribution in [3.8, 4) is 0 Å². The molecule has 1 heterocycles. The molecule has 1 amide bonds. The molecule has 1 N–H and O–H groups in total. The minimum atomic E-state index is -0.709. The zero-order chi connectivity index (χ0) is 15.9. The van der Waals surface area contributed by atoms with Gasteiger partial charge in [-0.05, 0) is 52.2 Å². The predicted octanol–water partition coefficient (Wildman–Crippen LogP) is 2.70. The monoisotopic (exact) mass is 369 g/mol. The van der Waals surface area contributed by atoms with Crippen LogP contribution in [0.25, 0.3) is 0 Å². The van der Waals surface area contributed by atoms with Crippen LogP contribution < -0.4 is 5.32 Å². The lowest BCUT2D eigenvalue weighted by Crippen LogP contribution is -2.30. The Morgan fingerprint density at radius 1 is 1.18 bits per heavy atom. The van der Waals surface area contributed by atoms with Gasteiger partial charge in [0.05, 0.1) is 0 Å². The van der Waals surface area contributed by atoms with E-state index in [1.807, 2.05) is 0 Å². The standard InChI is InChI=1S/C15H13BrFNO4/c16-13-6-5-12(22-13)15(20)21-9-14(19)18-8-7-10-1-3-11(17)4-2-10/h1-6H,7-9H2,(H,18,19). The van der Waals surface area contributed by atoms with Crippen molar-refractivity contribution < 1.29 is 23.1 Å². The van der Waals surface area contributed by atoms with Crippen molar-refractivity contribution in [2.24, 2.45) is 0 Å². The Balaban J connectivity index is 1.67. The van der Waals surface area contributed by atoms with Gasteiger partial charge in [-0.25, -0.2) is 9.18 Å². The van der Waals surface area contributed by atoms with Crippen LogP contribution in [0.4, 0.5) is 4.39 Å². The van der Waals surface area contributed by atoms with E-state index in [9.17, 15) is 14.0 Å². The molecule has 0 atom stereocenters. The van der Waals surface area contributed by atoms with Gasteiger partial charge < -0.3 is 14.5 Å². The van der Waals surface area contributed by atoms with Gasteiger partial charge in [-0.3, -0.25) is 4.79 Å². The van der Waals surface area contributed by atoms with Crippen LogP contribution in [0.3, 0.4) is 0 Å². The fourth-order valence-electron chi connectivity index (χ4n) is 1.67. The summed E-state index contributed by atoms with van der Waals surface area (Å²) in [4.78, 5) is 23.1.